The Balaban J connectivity index is 0.000000845. The lowest BCUT2D eigenvalue weighted by atomic mass is 10.0. The van der Waals surface area contributed by atoms with Gasteiger partial charge in [-0.1, -0.05) is 6.42 Å². The zero-order valence-corrected chi connectivity index (χ0v) is 8.66. The van der Waals surface area contributed by atoms with E-state index in [4.69, 9.17) is 22.5 Å². The summed E-state index contributed by atoms with van der Waals surface area (Å²) < 4.78 is 4.85. The molecule has 6 heteroatoms. The molecule has 0 aliphatic heterocycles. The van der Waals surface area contributed by atoms with E-state index in [2.05, 4.69) is 10.1 Å². The van der Waals surface area contributed by atoms with Crippen LogP contribution in [0.4, 0.5) is 0 Å². The van der Waals surface area contributed by atoms with Gasteiger partial charge in [0.2, 0.25) is 0 Å². The summed E-state index contributed by atoms with van der Waals surface area (Å²) in [6.45, 7) is 0. The number of nitrogens with two attached hydrogens (primary N) is 1. The summed E-state index contributed by atoms with van der Waals surface area (Å²) in [4.78, 5) is 4.32. The number of nitrogens with one attached hydrogen (secondary N) is 1. The van der Waals surface area contributed by atoms with E-state index < -0.39 is 0 Å². The summed E-state index contributed by atoms with van der Waals surface area (Å²) in [6, 6.07) is 0.209. The van der Waals surface area contributed by atoms with Gasteiger partial charge in [-0.25, -0.2) is 5.16 Å². The highest BCUT2D eigenvalue weighted by Crippen LogP contribution is 2.31. The fourth-order valence-electron chi connectivity index (χ4n) is 1.73. The van der Waals surface area contributed by atoms with Crippen molar-refractivity contribution in [3.63, 3.8) is 0 Å². The maximum absolute atomic E-state index is 5.88. The largest absolute Gasteiger partial charge is 0.348 e. The molecule has 0 spiro atoms. The molecule has 1 aliphatic rings. The number of hydrogen-bond acceptors (Lipinski definition) is 4. The Bertz CT molecular complexity index is 324. The normalized spacial score (nSPS) is 27.2. The Kier molecular flexibility index (Phi) is 3.47. The molecule has 2 rings (SSSR count). The van der Waals surface area contributed by atoms with Gasteiger partial charge in [0.1, 0.15) is 5.82 Å². The van der Waals surface area contributed by atoms with Crippen LogP contribution in [0.5, 0.6) is 0 Å². The van der Waals surface area contributed by atoms with E-state index in [1.54, 1.807) is 0 Å². The molecule has 0 aromatic carbocycles. The molecule has 0 saturated heterocycles. The number of rotatable bonds is 1. The standard InChI is InChI=1S/C7H11N3OS.ClH/c8-5-3-1-2-4(5)6-9-7(12)11-10-6;/h4-5H,1-3,8H2,(H,9,10,12);1H/t4-,5+;/m1./s1. The van der Waals surface area contributed by atoms with Crippen molar-refractivity contribution in [2.24, 2.45) is 5.73 Å². The van der Waals surface area contributed by atoms with Gasteiger partial charge >= 0.3 is 4.84 Å². The molecule has 1 fully saturated rings. The van der Waals surface area contributed by atoms with Gasteiger partial charge in [0.25, 0.3) is 0 Å². The molecule has 1 heterocycles. The molecule has 0 unspecified atom stereocenters. The van der Waals surface area contributed by atoms with Crippen LogP contribution in [0.15, 0.2) is 4.52 Å². The van der Waals surface area contributed by atoms with E-state index in [9.17, 15) is 0 Å². The molecule has 1 aromatic heterocycles. The third-order valence-corrected chi connectivity index (χ3v) is 2.55. The van der Waals surface area contributed by atoms with E-state index in [-0.39, 0.29) is 23.3 Å². The van der Waals surface area contributed by atoms with E-state index in [0.29, 0.717) is 5.92 Å². The Morgan fingerprint density at radius 1 is 1.54 bits per heavy atom. The van der Waals surface area contributed by atoms with Gasteiger partial charge in [0.15, 0.2) is 0 Å². The Morgan fingerprint density at radius 2 is 2.31 bits per heavy atom. The molecule has 1 aliphatic carbocycles. The van der Waals surface area contributed by atoms with Crippen LogP contribution in [-0.4, -0.2) is 16.2 Å². The van der Waals surface area contributed by atoms with Gasteiger partial charge in [-0.2, -0.15) is 4.98 Å². The first-order valence-corrected chi connectivity index (χ1v) is 4.49. The van der Waals surface area contributed by atoms with Crippen LogP contribution in [0, 0.1) is 4.84 Å². The molecular weight excluding hydrogens is 210 g/mol. The minimum atomic E-state index is 0. The summed E-state index contributed by atoms with van der Waals surface area (Å²) in [5, 5.41) is 2.71. The number of hydrogen-bond donors (Lipinski definition) is 2. The van der Waals surface area contributed by atoms with E-state index in [1.807, 2.05) is 0 Å². The Labute approximate surface area is 87.3 Å². The number of H-pyrrole nitrogens is 1. The van der Waals surface area contributed by atoms with Crippen molar-refractivity contribution in [2.75, 3.05) is 0 Å². The summed E-state index contributed by atoms with van der Waals surface area (Å²) in [5.74, 6) is 1.12. The smallest absolute Gasteiger partial charge is 0.314 e. The first kappa shape index (κ1) is 10.7. The minimum Gasteiger partial charge on any atom is -0.348 e. The summed E-state index contributed by atoms with van der Waals surface area (Å²) in [5.41, 5.74) is 5.88. The SMILES string of the molecule is Cl.N[C@H]1CCC[C@H]1c1nc(=S)o[nH]1. The predicted molar refractivity (Wildman–Crippen MR) is 53.5 cm³/mol. The maximum Gasteiger partial charge on any atom is 0.314 e. The zero-order valence-electron chi connectivity index (χ0n) is 7.03. The van der Waals surface area contributed by atoms with Crippen molar-refractivity contribution in [1.29, 1.82) is 0 Å². The fourth-order valence-corrected chi connectivity index (χ4v) is 1.87. The first-order chi connectivity index (χ1) is 5.77. The molecule has 2 atom stereocenters. The van der Waals surface area contributed by atoms with Gasteiger partial charge < -0.3 is 10.3 Å². The second kappa shape index (κ2) is 4.21. The van der Waals surface area contributed by atoms with Gasteiger partial charge in [-0.15, -0.1) is 12.4 Å². The lowest BCUT2D eigenvalue weighted by molar-refractivity contribution is 0.390. The molecule has 0 radical (unpaired) electrons. The highest BCUT2D eigenvalue weighted by atomic mass is 35.5. The first-order valence-electron chi connectivity index (χ1n) is 4.08. The van der Waals surface area contributed by atoms with Gasteiger partial charge in [-0.05, 0) is 25.1 Å². The summed E-state index contributed by atoms with van der Waals surface area (Å²) in [7, 11) is 0. The average Bonchev–Trinajstić information content (AvgIpc) is 2.58. The molecular formula is C7H12ClN3OS. The summed E-state index contributed by atoms with van der Waals surface area (Å²) >= 11 is 4.76. The molecule has 1 saturated carbocycles. The molecule has 1 aromatic rings. The molecule has 13 heavy (non-hydrogen) atoms. The molecule has 4 nitrogen and oxygen atoms in total. The van der Waals surface area contributed by atoms with Crippen LogP contribution >= 0.6 is 24.6 Å². The van der Waals surface area contributed by atoms with Crippen LogP contribution in [0.25, 0.3) is 0 Å². The van der Waals surface area contributed by atoms with Crippen LogP contribution < -0.4 is 5.73 Å². The lowest BCUT2D eigenvalue weighted by Gasteiger charge is -2.09. The van der Waals surface area contributed by atoms with Crippen molar-refractivity contribution in [1.82, 2.24) is 10.1 Å². The van der Waals surface area contributed by atoms with E-state index in [1.165, 1.54) is 6.42 Å². The number of halogens is 1. The quantitative estimate of drug-likeness (QED) is 0.709. The van der Waals surface area contributed by atoms with Gasteiger partial charge in [0.05, 0.1) is 0 Å². The predicted octanol–water partition coefficient (Wildman–Crippen LogP) is 1.75. The Hall–Kier alpha value is -0.390. The number of nitrogens with zero attached hydrogens (tertiary/aromatic N) is 1. The van der Waals surface area contributed by atoms with E-state index >= 15 is 0 Å². The Morgan fingerprint density at radius 3 is 2.77 bits per heavy atom. The number of aromatic amines is 1. The minimum absolute atomic E-state index is 0. The molecule has 0 bridgehead atoms. The molecule has 3 N–H and O–H groups in total. The van der Waals surface area contributed by atoms with Gasteiger partial charge in [0, 0.05) is 12.0 Å². The van der Waals surface area contributed by atoms with Crippen LogP contribution in [0.2, 0.25) is 0 Å². The highest BCUT2D eigenvalue weighted by molar-refractivity contribution is 7.71. The van der Waals surface area contributed by atoms with Gasteiger partial charge in [-0.3, -0.25) is 0 Å². The van der Waals surface area contributed by atoms with Crippen LogP contribution in [0.1, 0.15) is 31.0 Å². The average molecular weight is 222 g/mol. The monoisotopic (exact) mass is 221 g/mol. The van der Waals surface area contributed by atoms with Crippen molar-refractivity contribution in [2.45, 2.75) is 31.2 Å². The van der Waals surface area contributed by atoms with Crippen molar-refractivity contribution in [3.05, 3.63) is 10.7 Å². The zero-order chi connectivity index (χ0) is 8.55. The molecule has 74 valence electrons. The second-order valence-electron chi connectivity index (χ2n) is 3.17. The van der Waals surface area contributed by atoms with Crippen LogP contribution in [0.3, 0.4) is 0 Å². The maximum atomic E-state index is 5.88. The number of aromatic nitrogens is 2. The second-order valence-corrected chi connectivity index (χ2v) is 3.52. The fraction of sp³-hybridized carbons (Fsp3) is 0.714. The topological polar surface area (TPSA) is 67.8 Å². The van der Waals surface area contributed by atoms with Crippen molar-refractivity contribution < 1.29 is 4.52 Å². The van der Waals surface area contributed by atoms with E-state index in [0.717, 1.165) is 18.7 Å². The highest BCUT2D eigenvalue weighted by Gasteiger charge is 2.27. The third kappa shape index (κ3) is 2.10. The van der Waals surface area contributed by atoms with Crippen molar-refractivity contribution in [3.8, 4) is 0 Å². The van der Waals surface area contributed by atoms with Crippen molar-refractivity contribution >= 4 is 24.6 Å². The summed E-state index contributed by atoms with van der Waals surface area (Å²) in [6.07, 6.45) is 3.32. The molecule has 0 amide bonds. The van der Waals surface area contributed by atoms with Crippen LogP contribution in [-0.2, 0) is 0 Å². The third-order valence-electron chi connectivity index (χ3n) is 2.38. The lowest BCUT2D eigenvalue weighted by Crippen LogP contribution is -2.23.